The van der Waals surface area contributed by atoms with Gasteiger partial charge in [-0.3, -0.25) is 14.5 Å². The van der Waals surface area contributed by atoms with Crippen molar-refractivity contribution in [2.75, 3.05) is 13.7 Å². The second-order valence-electron chi connectivity index (χ2n) is 9.95. The van der Waals surface area contributed by atoms with Crippen LogP contribution >= 0.6 is 0 Å². The fraction of sp³-hybridized carbons (Fsp3) is 0.310. The smallest absolute Gasteiger partial charge is 0.325 e. The number of carbonyl (C=O) groups is 3. The Morgan fingerprint density at radius 3 is 2.49 bits per heavy atom. The summed E-state index contributed by atoms with van der Waals surface area (Å²) in [6, 6.07) is 20.9. The van der Waals surface area contributed by atoms with Gasteiger partial charge in [0, 0.05) is 6.42 Å². The number of methoxy groups -OCH3 is 1. The van der Waals surface area contributed by atoms with E-state index < -0.39 is 17.5 Å². The highest BCUT2D eigenvalue weighted by Crippen LogP contribution is 2.37. The average Bonchev–Trinajstić information content (AvgIpc) is 3.64. The number of hydrogen-bond acceptors (Lipinski definition) is 5. The van der Waals surface area contributed by atoms with E-state index in [1.54, 1.807) is 7.11 Å². The molecule has 2 heterocycles. The molecule has 3 aromatic rings. The summed E-state index contributed by atoms with van der Waals surface area (Å²) in [7, 11) is 1.61. The molecule has 1 saturated heterocycles. The summed E-state index contributed by atoms with van der Waals surface area (Å²) in [5.41, 5.74) is 1.77. The van der Waals surface area contributed by atoms with Crippen LogP contribution in [0.25, 0.3) is 10.8 Å². The van der Waals surface area contributed by atoms with Crippen LogP contribution in [-0.4, -0.2) is 52.7 Å². The van der Waals surface area contributed by atoms with Gasteiger partial charge in [0.25, 0.3) is 11.8 Å². The van der Waals surface area contributed by atoms with Gasteiger partial charge in [-0.25, -0.2) is 9.80 Å². The topological polar surface area (TPSA) is 91.3 Å². The minimum Gasteiger partial charge on any atom is -0.497 e. The Morgan fingerprint density at radius 1 is 1.03 bits per heavy atom. The molecule has 8 nitrogen and oxygen atoms in total. The zero-order valence-electron chi connectivity index (χ0n) is 20.6. The highest BCUT2D eigenvalue weighted by molar-refractivity contribution is 6.10. The van der Waals surface area contributed by atoms with Crippen molar-refractivity contribution in [2.45, 2.75) is 43.7 Å². The summed E-state index contributed by atoms with van der Waals surface area (Å²) in [4.78, 5) is 40.5. The summed E-state index contributed by atoms with van der Waals surface area (Å²) in [5.74, 6) is 0.0221. The molecule has 0 aromatic heterocycles. The van der Waals surface area contributed by atoms with Crippen molar-refractivity contribution in [1.29, 1.82) is 0 Å². The second kappa shape index (κ2) is 9.03. The first-order valence-electron chi connectivity index (χ1n) is 12.6. The third kappa shape index (κ3) is 4.02. The molecule has 1 aliphatic carbocycles. The number of benzene rings is 3. The van der Waals surface area contributed by atoms with Crippen molar-refractivity contribution in [2.24, 2.45) is 5.10 Å². The number of nitrogens with zero attached hydrogens (tertiary/aromatic N) is 3. The van der Waals surface area contributed by atoms with E-state index in [0.717, 1.165) is 51.1 Å². The van der Waals surface area contributed by atoms with E-state index in [0.29, 0.717) is 19.3 Å². The molecule has 1 saturated carbocycles. The van der Waals surface area contributed by atoms with E-state index in [1.165, 1.54) is 5.01 Å². The van der Waals surface area contributed by atoms with Gasteiger partial charge in [-0.1, -0.05) is 61.4 Å². The van der Waals surface area contributed by atoms with Crippen LogP contribution in [-0.2, 0) is 9.59 Å². The van der Waals surface area contributed by atoms with Crippen LogP contribution in [0, 0.1) is 0 Å². The third-order valence-corrected chi connectivity index (χ3v) is 7.75. The maximum atomic E-state index is 13.6. The van der Waals surface area contributed by atoms with Gasteiger partial charge in [0.05, 0.1) is 18.9 Å². The van der Waals surface area contributed by atoms with E-state index in [2.05, 4.69) is 23.5 Å². The molecule has 2 aliphatic heterocycles. The number of hydrogen-bond donors (Lipinski definition) is 1. The number of urea groups is 1. The first-order chi connectivity index (χ1) is 18.0. The molecule has 6 rings (SSSR count). The quantitative estimate of drug-likeness (QED) is 0.531. The molecule has 8 heteroatoms. The Hall–Kier alpha value is -4.20. The minimum absolute atomic E-state index is 0.303. The van der Waals surface area contributed by atoms with Gasteiger partial charge in [-0.15, -0.1) is 0 Å². The fourth-order valence-corrected chi connectivity index (χ4v) is 5.71. The lowest BCUT2D eigenvalue weighted by Gasteiger charge is -2.24. The standard InChI is InChI=1S/C29H28N4O4/c1-37-23-12-10-20(11-13-23)25-17-24(22-9-8-19-6-2-3-7-21(19)16-22)31-33(25)26(34)18-32-27(35)29(30-28(32)36)14-4-5-15-29/h2-3,6-13,16,25H,4-5,14-15,17-18H2,1H3,(H,30,36). The van der Waals surface area contributed by atoms with Crippen molar-refractivity contribution in [3.05, 3.63) is 77.9 Å². The number of rotatable bonds is 5. The van der Waals surface area contributed by atoms with Crippen LogP contribution in [0.4, 0.5) is 4.79 Å². The molecular formula is C29H28N4O4. The number of ether oxygens (including phenoxy) is 1. The normalized spacial score (nSPS) is 20.6. The van der Waals surface area contributed by atoms with Gasteiger partial charge in [0.2, 0.25) is 0 Å². The van der Waals surface area contributed by atoms with Crippen LogP contribution in [0.15, 0.2) is 71.8 Å². The molecule has 188 valence electrons. The molecule has 0 bridgehead atoms. The van der Waals surface area contributed by atoms with Crippen molar-refractivity contribution in [3.8, 4) is 5.75 Å². The first-order valence-corrected chi connectivity index (χ1v) is 12.6. The van der Waals surface area contributed by atoms with Crippen molar-refractivity contribution in [3.63, 3.8) is 0 Å². The average molecular weight is 497 g/mol. The van der Waals surface area contributed by atoms with Crippen molar-refractivity contribution in [1.82, 2.24) is 15.2 Å². The fourth-order valence-electron chi connectivity index (χ4n) is 5.71. The zero-order valence-corrected chi connectivity index (χ0v) is 20.6. The lowest BCUT2D eigenvalue weighted by molar-refractivity contribution is -0.140. The van der Waals surface area contributed by atoms with Crippen LogP contribution < -0.4 is 10.1 Å². The summed E-state index contributed by atoms with van der Waals surface area (Å²) in [6.07, 6.45) is 3.52. The monoisotopic (exact) mass is 496 g/mol. The molecule has 3 aromatic carbocycles. The van der Waals surface area contributed by atoms with Gasteiger partial charge >= 0.3 is 6.03 Å². The Balaban J connectivity index is 1.31. The molecule has 2 fully saturated rings. The third-order valence-electron chi connectivity index (χ3n) is 7.75. The van der Waals surface area contributed by atoms with Crippen LogP contribution in [0.5, 0.6) is 5.75 Å². The van der Waals surface area contributed by atoms with Crippen LogP contribution in [0.3, 0.4) is 0 Å². The van der Waals surface area contributed by atoms with Gasteiger partial charge in [-0.05, 0) is 52.9 Å². The Morgan fingerprint density at radius 2 is 1.76 bits per heavy atom. The Bertz CT molecular complexity index is 1430. The van der Waals surface area contributed by atoms with E-state index in [-0.39, 0.29) is 18.5 Å². The number of imide groups is 1. The lowest BCUT2D eigenvalue weighted by atomic mass is 9.96. The highest BCUT2D eigenvalue weighted by atomic mass is 16.5. The maximum absolute atomic E-state index is 13.6. The highest BCUT2D eigenvalue weighted by Gasteiger charge is 2.53. The molecule has 3 aliphatic rings. The van der Waals surface area contributed by atoms with Crippen molar-refractivity contribution >= 4 is 34.3 Å². The molecule has 1 atom stereocenters. The van der Waals surface area contributed by atoms with Gasteiger partial charge < -0.3 is 10.1 Å². The largest absolute Gasteiger partial charge is 0.497 e. The first kappa shape index (κ1) is 23.2. The SMILES string of the molecule is COc1ccc(C2CC(c3ccc4ccccc4c3)=NN2C(=O)CN2C(=O)NC3(CCCC3)C2=O)cc1. The molecule has 1 unspecified atom stereocenters. The molecule has 1 N–H and O–H groups in total. The van der Waals surface area contributed by atoms with Crippen LogP contribution in [0.2, 0.25) is 0 Å². The van der Waals surface area contributed by atoms with Gasteiger partial charge in [-0.2, -0.15) is 5.10 Å². The predicted octanol–water partition coefficient (Wildman–Crippen LogP) is 4.39. The predicted molar refractivity (Wildman–Crippen MR) is 139 cm³/mol. The number of amides is 4. The van der Waals surface area contributed by atoms with Gasteiger partial charge in [0.15, 0.2) is 0 Å². The molecule has 4 amide bonds. The van der Waals surface area contributed by atoms with E-state index in [9.17, 15) is 14.4 Å². The molecular weight excluding hydrogens is 468 g/mol. The number of nitrogens with one attached hydrogen (secondary N) is 1. The Kier molecular flexibility index (Phi) is 5.67. The van der Waals surface area contributed by atoms with E-state index in [1.807, 2.05) is 48.5 Å². The van der Waals surface area contributed by atoms with E-state index >= 15 is 0 Å². The van der Waals surface area contributed by atoms with Gasteiger partial charge in [0.1, 0.15) is 17.8 Å². The number of hydrazone groups is 1. The molecule has 0 radical (unpaired) electrons. The summed E-state index contributed by atoms with van der Waals surface area (Å²) in [6.45, 7) is -0.340. The number of fused-ring (bicyclic) bond motifs is 1. The second-order valence-corrected chi connectivity index (χ2v) is 9.95. The lowest BCUT2D eigenvalue weighted by Crippen LogP contribution is -2.45. The summed E-state index contributed by atoms with van der Waals surface area (Å²) < 4.78 is 5.30. The summed E-state index contributed by atoms with van der Waals surface area (Å²) >= 11 is 0. The minimum atomic E-state index is -0.850. The van der Waals surface area contributed by atoms with E-state index in [4.69, 9.17) is 9.84 Å². The molecule has 37 heavy (non-hydrogen) atoms. The van der Waals surface area contributed by atoms with Crippen LogP contribution in [0.1, 0.15) is 49.3 Å². The molecule has 1 spiro atoms. The van der Waals surface area contributed by atoms with Crippen molar-refractivity contribution < 1.29 is 19.1 Å². The number of carbonyl (C=O) groups excluding carboxylic acids is 3. The Labute approximate surface area is 214 Å². The maximum Gasteiger partial charge on any atom is 0.325 e. The summed E-state index contributed by atoms with van der Waals surface area (Å²) in [5, 5.41) is 11.3. The zero-order chi connectivity index (χ0) is 25.6.